The maximum Gasteiger partial charge on any atom is 0.343 e. The van der Waals surface area contributed by atoms with Gasteiger partial charge in [0.05, 0.1) is 0 Å². The number of carbonyl (C=O) groups is 2. The minimum atomic E-state index is -0.979. The first kappa shape index (κ1) is 16.8. The van der Waals surface area contributed by atoms with Gasteiger partial charge in [0.1, 0.15) is 17.1 Å². The molecule has 0 N–H and O–H groups in total. The molecule has 23 heavy (non-hydrogen) atoms. The molecule has 1 aromatic carbocycles. The summed E-state index contributed by atoms with van der Waals surface area (Å²) in [6.07, 6.45) is -0.979. The molecule has 0 aliphatic heterocycles. The Labute approximate surface area is 135 Å². The van der Waals surface area contributed by atoms with Crippen LogP contribution in [0.3, 0.4) is 0 Å². The summed E-state index contributed by atoms with van der Waals surface area (Å²) in [5.74, 6) is 0.319. The van der Waals surface area contributed by atoms with Crippen molar-refractivity contribution in [3.05, 3.63) is 58.5 Å². The fourth-order valence-electron chi connectivity index (χ4n) is 2.38. The number of benzene rings is 1. The Morgan fingerprint density at radius 2 is 1.65 bits per heavy atom. The van der Waals surface area contributed by atoms with Crippen molar-refractivity contribution < 1.29 is 18.7 Å². The SMILES string of the molecule is Cc1oc(C)c(C(=O)OC(C(=O)N(C)C)c2ccccc2)c1C. The highest BCUT2D eigenvalue weighted by atomic mass is 16.5. The fourth-order valence-corrected chi connectivity index (χ4v) is 2.38. The van der Waals surface area contributed by atoms with Crippen LogP contribution in [0.25, 0.3) is 0 Å². The molecular weight excluding hydrogens is 294 g/mol. The van der Waals surface area contributed by atoms with Gasteiger partial charge in [-0.3, -0.25) is 4.79 Å². The smallest absolute Gasteiger partial charge is 0.343 e. The number of rotatable bonds is 4. The van der Waals surface area contributed by atoms with Gasteiger partial charge in [-0.2, -0.15) is 0 Å². The van der Waals surface area contributed by atoms with Crippen LogP contribution < -0.4 is 0 Å². The Balaban J connectivity index is 2.35. The third-order valence-electron chi connectivity index (χ3n) is 3.76. The Kier molecular flexibility index (Phi) is 4.89. The lowest BCUT2D eigenvalue weighted by molar-refractivity contribution is -0.138. The van der Waals surface area contributed by atoms with E-state index in [1.807, 2.05) is 6.07 Å². The Morgan fingerprint density at radius 3 is 2.13 bits per heavy atom. The summed E-state index contributed by atoms with van der Waals surface area (Å²) in [7, 11) is 3.26. The minimum absolute atomic E-state index is 0.292. The van der Waals surface area contributed by atoms with Crippen LogP contribution in [0.5, 0.6) is 0 Å². The number of carbonyl (C=O) groups excluding carboxylic acids is 2. The molecule has 122 valence electrons. The molecule has 5 nitrogen and oxygen atoms in total. The number of ether oxygens (including phenoxy) is 1. The highest BCUT2D eigenvalue weighted by Crippen LogP contribution is 2.26. The summed E-state index contributed by atoms with van der Waals surface area (Å²) in [5.41, 5.74) is 1.75. The van der Waals surface area contributed by atoms with Crippen LogP contribution in [0, 0.1) is 20.8 Å². The molecule has 0 saturated carbocycles. The largest absolute Gasteiger partial charge is 0.465 e. The lowest BCUT2D eigenvalue weighted by atomic mass is 10.1. The highest BCUT2D eigenvalue weighted by Gasteiger charge is 2.29. The van der Waals surface area contributed by atoms with E-state index in [0.29, 0.717) is 22.6 Å². The van der Waals surface area contributed by atoms with Gasteiger partial charge in [0.25, 0.3) is 5.91 Å². The van der Waals surface area contributed by atoms with Crippen molar-refractivity contribution in [2.24, 2.45) is 0 Å². The van der Waals surface area contributed by atoms with Gasteiger partial charge < -0.3 is 14.1 Å². The van der Waals surface area contributed by atoms with Crippen molar-refractivity contribution >= 4 is 11.9 Å². The van der Waals surface area contributed by atoms with E-state index in [-0.39, 0.29) is 5.91 Å². The van der Waals surface area contributed by atoms with E-state index in [1.165, 1.54) is 4.90 Å². The summed E-state index contributed by atoms with van der Waals surface area (Å²) >= 11 is 0. The fraction of sp³-hybridized carbons (Fsp3) is 0.333. The maximum absolute atomic E-state index is 12.6. The summed E-state index contributed by atoms with van der Waals surface area (Å²) in [6.45, 7) is 5.30. The van der Waals surface area contributed by atoms with E-state index in [4.69, 9.17) is 9.15 Å². The van der Waals surface area contributed by atoms with Crippen LogP contribution in [0.2, 0.25) is 0 Å². The predicted molar refractivity (Wildman–Crippen MR) is 86.2 cm³/mol. The Bertz CT molecular complexity index is 716. The van der Waals surface area contributed by atoms with Crippen LogP contribution in [0.1, 0.15) is 39.1 Å². The predicted octanol–water partition coefficient (Wildman–Crippen LogP) is 3.19. The van der Waals surface area contributed by atoms with E-state index >= 15 is 0 Å². The van der Waals surface area contributed by atoms with E-state index in [0.717, 1.165) is 5.56 Å². The lowest BCUT2D eigenvalue weighted by Gasteiger charge is -2.21. The van der Waals surface area contributed by atoms with Crippen LogP contribution in [0.15, 0.2) is 34.7 Å². The van der Waals surface area contributed by atoms with Crippen molar-refractivity contribution in [3.8, 4) is 0 Å². The number of likely N-dealkylation sites (N-methyl/N-ethyl adjacent to an activating group) is 1. The van der Waals surface area contributed by atoms with Gasteiger partial charge >= 0.3 is 5.97 Å². The third kappa shape index (κ3) is 3.44. The van der Waals surface area contributed by atoms with Crippen LogP contribution in [-0.4, -0.2) is 30.9 Å². The zero-order valence-corrected chi connectivity index (χ0v) is 14.0. The normalized spacial score (nSPS) is 11.9. The van der Waals surface area contributed by atoms with E-state index in [2.05, 4.69) is 0 Å². The Morgan fingerprint density at radius 1 is 1.04 bits per heavy atom. The van der Waals surface area contributed by atoms with Gasteiger partial charge in [-0.1, -0.05) is 30.3 Å². The first-order valence-electron chi connectivity index (χ1n) is 7.36. The van der Waals surface area contributed by atoms with E-state index in [9.17, 15) is 9.59 Å². The van der Waals surface area contributed by atoms with Crippen molar-refractivity contribution in [2.75, 3.05) is 14.1 Å². The molecule has 0 aliphatic carbocycles. The summed E-state index contributed by atoms with van der Waals surface area (Å²) < 4.78 is 11.0. The monoisotopic (exact) mass is 315 g/mol. The molecule has 5 heteroatoms. The van der Waals surface area contributed by atoms with E-state index in [1.54, 1.807) is 59.1 Å². The molecule has 0 spiro atoms. The van der Waals surface area contributed by atoms with Gasteiger partial charge in [0.2, 0.25) is 6.10 Å². The highest BCUT2D eigenvalue weighted by molar-refractivity contribution is 5.94. The molecule has 0 saturated heterocycles. The zero-order valence-electron chi connectivity index (χ0n) is 14.0. The number of nitrogens with zero attached hydrogens (tertiary/aromatic N) is 1. The van der Waals surface area contributed by atoms with E-state index < -0.39 is 12.1 Å². The molecule has 1 aromatic heterocycles. The molecule has 0 radical (unpaired) electrons. The molecule has 2 aromatic rings. The Hall–Kier alpha value is -2.56. The summed E-state index contributed by atoms with van der Waals surface area (Å²) in [4.78, 5) is 26.4. The third-order valence-corrected chi connectivity index (χ3v) is 3.76. The van der Waals surface area contributed by atoms with Crippen LogP contribution in [-0.2, 0) is 9.53 Å². The summed E-state index contributed by atoms with van der Waals surface area (Å²) in [6, 6.07) is 8.98. The van der Waals surface area contributed by atoms with Gasteiger partial charge in [-0.15, -0.1) is 0 Å². The second-order valence-corrected chi connectivity index (χ2v) is 5.64. The minimum Gasteiger partial charge on any atom is -0.465 e. The molecule has 1 heterocycles. The first-order chi connectivity index (χ1) is 10.8. The number of hydrogen-bond donors (Lipinski definition) is 0. The van der Waals surface area contributed by atoms with Crippen molar-refractivity contribution in [2.45, 2.75) is 26.9 Å². The lowest BCUT2D eigenvalue weighted by Crippen LogP contribution is -2.31. The molecule has 0 aliphatic rings. The summed E-state index contributed by atoms with van der Waals surface area (Å²) in [5, 5.41) is 0. The van der Waals surface area contributed by atoms with Gasteiger partial charge in [0.15, 0.2) is 0 Å². The molecule has 1 amide bonds. The zero-order chi connectivity index (χ0) is 17.1. The molecule has 0 bridgehead atoms. The number of esters is 1. The molecular formula is C18H21NO4. The van der Waals surface area contributed by atoms with Gasteiger partial charge in [0, 0.05) is 25.2 Å². The number of amides is 1. The number of hydrogen-bond acceptors (Lipinski definition) is 4. The second kappa shape index (κ2) is 6.69. The second-order valence-electron chi connectivity index (χ2n) is 5.64. The van der Waals surface area contributed by atoms with Crippen LogP contribution in [0.4, 0.5) is 0 Å². The number of aryl methyl sites for hydroxylation is 2. The van der Waals surface area contributed by atoms with Crippen molar-refractivity contribution in [1.29, 1.82) is 0 Å². The molecule has 2 rings (SSSR count). The van der Waals surface area contributed by atoms with Gasteiger partial charge in [-0.25, -0.2) is 4.79 Å². The van der Waals surface area contributed by atoms with Crippen LogP contribution >= 0.6 is 0 Å². The standard InChI is InChI=1S/C18H21NO4/c1-11-12(2)22-13(3)15(11)18(21)23-16(17(20)19(4)5)14-9-7-6-8-10-14/h6-10,16H,1-5H3. The van der Waals surface area contributed by atoms with Gasteiger partial charge in [-0.05, 0) is 20.8 Å². The average molecular weight is 315 g/mol. The molecule has 1 unspecified atom stereocenters. The van der Waals surface area contributed by atoms with Crippen molar-refractivity contribution in [3.63, 3.8) is 0 Å². The average Bonchev–Trinajstić information content (AvgIpc) is 2.77. The first-order valence-corrected chi connectivity index (χ1v) is 7.36. The maximum atomic E-state index is 12.6. The molecule has 0 fully saturated rings. The topological polar surface area (TPSA) is 59.8 Å². The van der Waals surface area contributed by atoms with Crippen molar-refractivity contribution in [1.82, 2.24) is 4.90 Å². The molecule has 1 atom stereocenters. The quantitative estimate of drug-likeness (QED) is 0.813. The number of furan rings is 1.